The van der Waals surface area contributed by atoms with E-state index in [0.29, 0.717) is 17.1 Å². The van der Waals surface area contributed by atoms with Crippen LogP contribution in [0.4, 0.5) is 5.69 Å². The first kappa shape index (κ1) is 28.2. The van der Waals surface area contributed by atoms with Crippen LogP contribution in [0.5, 0.6) is 0 Å². The second-order valence-corrected chi connectivity index (χ2v) is 13.1. The number of halogens is 2. The van der Waals surface area contributed by atoms with Crippen molar-refractivity contribution in [3.8, 4) is 0 Å². The highest BCUT2D eigenvalue weighted by atomic mass is 79.9. The summed E-state index contributed by atoms with van der Waals surface area (Å²) < 4.78 is 4.56. The summed E-state index contributed by atoms with van der Waals surface area (Å²) in [5.41, 5.74) is 0.515. The van der Waals surface area contributed by atoms with Crippen LogP contribution >= 0.6 is 39.3 Å². The zero-order chi connectivity index (χ0) is 27.1. The first-order valence-corrected chi connectivity index (χ1v) is 14.5. The number of amides is 2. The maximum absolute atomic E-state index is 14.6. The Morgan fingerprint density at radius 2 is 2.05 bits per heavy atom. The molecule has 10 heteroatoms. The monoisotopic (exact) mass is 610 g/mol. The molecule has 0 saturated carbocycles. The number of nitrogens with zero attached hydrogens (tertiary/aromatic N) is 2. The number of alkyl halides is 1. The van der Waals surface area contributed by atoms with Gasteiger partial charge in [-0.3, -0.25) is 14.4 Å². The van der Waals surface area contributed by atoms with Gasteiger partial charge in [0, 0.05) is 16.6 Å². The molecule has 200 valence electrons. The number of esters is 1. The van der Waals surface area contributed by atoms with E-state index in [1.165, 1.54) is 17.8 Å². The van der Waals surface area contributed by atoms with Crippen molar-refractivity contribution in [3.05, 3.63) is 54.6 Å². The SMILES string of the molecule is C=CCOC(=O)[C@H]1[C@H]2C(=O)N([C@@H](CO)C(C)C)C(C(=O)N(CC=C)c3ccccc3Cl)C23CC(Br)[C@@H]1S3. The van der Waals surface area contributed by atoms with E-state index in [1.807, 2.05) is 13.8 Å². The summed E-state index contributed by atoms with van der Waals surface area (Å²) in [5.74, 6) is -2.65. The van der Waals surface area contributed by atoms with Crippen molar-refractivity contribution < 1.29 is 24.2 Å². The van der Waals surface area contributed by atoms with Crippen molar-refractivity contribution in [1.29, 1.82) is 0 Å². The number of rotatable bonds is 10. The first-order chi connectivity index (χ1) is 17.6. The predicted octanol–water partition coefficient (Wildman–Crippen LogP) is 4.07. The lowest BCUT2D eigenvalue weighted by Gasteiger charge is -2.41. The number of benzene rings is 1. The number of ether oxygens (including phenoxy) is 1. The molecule has 2 bridgehead atoms. The molecule has 0 radical (unpaired) electrons. The van der Waals surface area contributed by atoms with Crippen LogP contribution < -0.4 is 4.90 Å². The van der Waals surface area contributed by atoms with Gasteiger partial charge in [0.25, 0.3) is 5.91 Å². The van der Waals surface area contributed by atoms with E-state index in [0.717, 1.165) is 0 Å². The summed E-state index contributed by atoms with van der Waals surface area (Å²) in [6, 6.07) is 5.54. The van der Waals surface area contributed by atoms with Crippen LogP contribution in [0.25, 0.3) is 0 Å². The van der Waals surface area contributed by atoms with Crippen molar-refractivity contribution in [2.75, 3.05) is 24.7 Å². The van der Waals surface area contributed by atoms with E-state index in [4.69, 9.17) is 16.3 Å². The Hall–Kier alpha value is -1.81. The third kappa shape index (κ3) is 4.56. The molecular formula is C27H32BrClN2O5S. The molecule has 1 spiro atoms. The molecule has 3 saturated heterocycles. The molecule has 1 aromatic carbocycles. The lowest BCUT2D eigenvalue weighted by atomic mass is 9.71. The minimum absolute atomic E-state index is 0.0462. The lowest BCUT2D eigenvalue weighted by Crippen LogP contribution is -2.59. The third-order valence-electron chi connectivity index (χ3n) is 7.61. The molecule has 37 heavy (non-hydrogen) atoms. The minimum atomic E-state index is -0.909. The van der Waals surface area contributed by atoms with E-state index in [1.54, 1.807) is 40.1 Å². The van der Waals surface area contributed by atoms with Crippen LogP contribution in [0, 0.1) is 17.8 Å². The molecule has 1 N–H and O–H groups in total. The zero-order valence-electron chi connectivity index (χ0n) is 20.9. The largest absolute Gasteiger partial charge is 0.461 e. The van der Waals surface area contributed by atoms with Gasteiger partial charge in [0.05, 0.1) is 39.9 Å². The van der Waals surface area contributed by atoms with Crippen molar-refractivity contribution in [3.63, 3.8) is 0 Å². The van der Waals surface area contributed by atoms with Gasteiger partial charge in [0.15, 0.2) is 0 Å². The number of thioether (sulfide) groups is 1. The van der Waals surface area contributed by atoms with Gasteiger partial charge in [-0.2, -0.15) is 0 Å². The van der Waals surface area contributed by atoms with E-state index in [2.05, 4.69) is 29.1 Å². The molecule has 2 amide bonds. The number of aliphatic hydroxyl groups excluding tert-OH is 1. The number of carbonyl (C=O) groups excluding carboxylic acids is 3. The number of para-hydroxylation sites is 1. The fraction of sp³-hybridized carbons (Fsp3) is 0.519. The standard InChI is InChI=1S/C27H32BrClN2O5S/c1-5-11-30(18-10-8-7-9-17(18)29)25(34)23-27-13-16(28)22(37-27)20(26(35)36-12-6-2)21(27)24(33)31(23)19(14-32)15(3)4/h5-10,15-16,19-23,32H,1-2,11-14H2,3-4H3/t16?,19-,20-,21-,22-,23?,27?/m0/s1. The average Bonchev–Trinajstić information content (AvgIpc) is 3.45. The van der Waals surface area contributed by atoms with Gasteiger partial charge in [-0.05, 0) is 24.5 Å². The van der Waals surface area contributed by atoms with Gasteiger partial charge in [-0.25, -0.2) is 0 Å². The fourth-order valence-corrected chi connectivity index (χ4v) is 9.90. The van der Waals surface area contributed by atoms with Gasteiger partial charge in [-0.1, -0.05) is 72.2 Å². The fourth-order valence-electron chi connectivity index (χ4n) is 6.09. The topological polar surface area (TPSA) is 87.1 Å². The second kappa shape index (κ2) is 11.1. The maximum atomic E-state index is 14.6. The molecule has 4 rings (SSSR count). The Labute approximate surface area is 235 Å². The van der Waals surface area contributed by atoms with Crippen LogP contribution in [-0.2, 0) is 19.1 Å². The number of likely N-dealkylation sites (tertiary alicyclic amines) is 1. The zero-order valence-corrected chi connectivity index (χ0v) is 24.0. The highest BCUT2D eigenvalue weighted by Crippen LogP contribution is 2.68. The van der Waals surface area contributed by atoms with E-state index in [9.17, 15) is 19.5 Å². The van der Waals surface area contributed by atoms with Crippen molar-refractivity contribution >= 4 is 62.8 Å². The van der Waals surface area contributed by atoms with Crippen LogP contribution in [-0.4, -0.2) is 74.5 Å². The molecule has 3 fully saturated rings. The number of fused-ring (bicyclic) bond motifs is 1. The summed E-state index contributed by atoms with van der Waals surface area (Å²) in [6.45, 7) is 11.2. The van der Waals surface area contributed by atoms with Crippen molar-refractivity contribution in [1.82, 2.24) is 4.90 Å². The van der Waals surface area contributed by atoms with E-state index >= 15 is 0 Å². The van der Waals surface area contributed by atoms with E-state index in [-0.39, 0.29) is 47.6 Å². The van der Waals surface area contributed by atoms with Gasteiger partial charge in [-0.15, -0.1) is 18.3 Å². The molecule has 3 aliphatic rings. The molecule has 7 atom stereocenters. The Bertz CT molecular complexity index is 1100. The normalized spacial score (nSPS) is 30.8. The Morgan fingerprint density at radius 3 is 2.65 bits per heavy atom. The van der Waals surface area contributed by atoms with Crippen LogP contribution in [0.1, 0.15) is 20.3 Å². The summed E-state index contributed by atoms with van der Waals surface area (Å²) in [4.78, 5) is 45.0. The molecule has 3 unspecified atom stereocenters. The Kier molecular flexibility index (Phi) is 8.48. The first-order valence-electron chi connectivity index (χ1n) is 12.3. The number of anilines is 1. The van der Waals surface area contributed by atoms with Gasteiger partial charge < -0.3 is 19.6 Å². The highest BCUT2D eigenvalue weighted by molar-refractivity contribution is 9.09. The summed E-state index contributed by atoms with van der Waals surface area (Å²) in [7, 11) is 0. The Balaban J connectivity index is 1.86. The average molecular weight is 612 g/mol. The van der Waals surface area contributed by atoms with Gasteiger partial charge >= 0.3 is 5.97 Å². The summed E-state index contributed by atoms with van der Waals surface area (Å²) in [6.07, 6.45) is 3.63. The van der Waals surface area contributed by atoms with Crippen molar-refractivity contribution in [2.24, 2.45) is 17.8 Å². The summed E-state index contributed by atoms with van der Waals surface area (Å²) >= 11 is 11.8. The molecule has 0 aromatic heterocycles. The number of carbonyl (C=O) groups is 3. The number of hydrogen-bond donors (Lipinski definition) is 1. The highest BCUT2D eigenvalue weighted by Gasteiger charge is 2.76. The van der Waals surface area contributed by atoms with Crippen LogP contribution in [0.15, 0.2) is 49.6 Å². The lowest BCUT2D eigenvalue weighted by molar-refractivity contribution is -0.153. The van der Waals surface area contributed by atoms with E-state index < -0.39 is 34.6 Å². The molecule has 0 aliphatic carbocycles. The van der Waals surface area contributed by atoms with Crippen molar-refractivity contribution in [2.45, 2.75) is 47.2 Å². The predicted molar refractivity (Wildman–Crippen MR) is 150 cm³/mol. The Morgan fingerprint density at radius 1 is 1.35 bits per heavy atom. The molecule has 3 heterocycles. The molecule has 1 aromatic rings. The summed E-state index contributed by atoms with van der Waals surface area (Å²) in [5, 5.41) is 10.6. The number of hydrogen-bond acceptors (Lipinski definition) is 6. The second-order valence-electron chi connectivity index (χ2n) is 10.0. The molecule has 7 nitrogen and oxygen atoms in total. The third-order valence-corrected chi connectivity index (χ3v) is 11.2. The molecular weight excluding hydrogens is 580 g/mol. The van der Waals surface area contributed by atoms with Crippen LogP contribution in [0.3, 0.4) is 0 Å². The van der Waals surface area contributed by atoms with Crippen LogP contribution in [0.2, 0.25) is 5.02 Å². The quantitative estimate of drug-likeness (QED) is 0.244. The molecule has 3 aliphatic heterocycles. The van der Waals surface area contributed by atoms with Gasteiger partial charge in [0.1, 0.15) is 12.6 Å². The van der Waals surface area contributed by atoms with Gasteiger partial charge in [0.2, 0.25) is 5.91 Å². The minimum Gasteiger partial charge on any atom is -0.461 e. The maximum Gasteiger partial charge on any atom is 0.311 e. The number of aliphatic hydroxyl groups is 1. The smallest absolute Gasteiger partial charge is 0.311 e.